The maximum Gasteiger partial charge on any atom is 0.195 e. The van der Waals surface area contributed by atoms with Crippen LogP contribution < -0.4 is 10.2 Å². The molecule has 0 bridgehead atoms. The predicted octanol–water partition coefficient (Wildman–Crippen LogP) is -0.238. The van der Waals surface area contributed by atoms with E-state index in [1.165, 1.54) is 4.90 Å². The predicted molar refractivity (Wildman–Crippen MR) is 77.3 cm³/mol. The van der Waals surface area contributed by atoms with Gasteiger partial charge in [-0.15, -0.1) is 0 Å². The Morgan fingerprint density at radius 2 is 1.85 bits per heavy atom. The summed E-state index contributed by atoms with van der Waals surface area (Å²) in [5.41, 5.74) is 0.968. The van der Waals surface area contributed by atoms with Gasteiger partial charge in [0.25, 0.3) is 0 Å². The Morgan fingerprint density at radius 1 is 1.10 bits per heavy atom. The van der Waals surface area contributed by atoms with Crippen LogP contribution in [0.4, 0.5) is 0 Å². The Balaban J connectivity index is 1.85. The number of hydrogen-bond acceptors (Lipinski definition) is 2. The fraction of sp³-hybridized carbons (Fsp3) is 0.375. The van der Waals surface area contributed by atoms with Crippen molar-refractivity contribution in [2.24, 2.45) is 0 Å². The van der Waals surface area contributed by atoms with Gasteiger partial charge in [-0.05, 0) is 17.7 Å². The van der Waals surface area contributed by atoms with Crippen LogP contribution in [0, 0.1) is 0 Å². The van der Waals surface area contributed by atoms with E-state index in [4.69, 9.17) is 4.42 Å². The molecule has 108 valence electrons. The van der Waals surface area contributed by atoms with Gasteiger partial charge in [0.15, 0.2) is 11.8 Å². The molecular formula is C16H24N2O2+2. The van der Waals surface area contributed by atoms with E-state index in [0.717, 1.165) is 17.9 Å². The largest absolute Gasteiger partial charge is 0.463 e. The first-order chi connectivity index (χ1) is 9.68. The van der Waals surface area contributed by atoms with Crippen molar-refractivity contribution < 1.29 is 19.7 Å². The Labute approximate surface area is 120 Å². The first-order valence-electron chi connectivity index (χ1n) is 7.06. The van der Waals surface area contributed by atoms with E-state index in [1.54, 1.807) is 6.26 Å². The van der Waals surface area contributed by atoms with Gasteiger partial charge in [-0.2, -0.15) is 0 Å². The summed E-state index contributed by atoms with van der Waals surface area (Å²) < 4.78 is 5.50. The van der Waals surface area contributed by atoms with Crippen molar-refractivity contribution in [1.29, 1.82) is 0 Å². The summed E-state index contributed by atoms with van der Waals surface area (Å²) in [5, 5.41) is 12.3. The maximum absolute atomic E-state index is 10.1. The van der Waals surface area contributed by atoms with Crippen LogP contribution >= 0.6 is 0 Å². The number of nitrogens with two attached hydrogens (primary N) is 1. The highest BCUT2D eigenvalue weighted by molar-refractivity contribution is 5.17. The highest BCUT2D eigenvalue weighted by atomic mass is 16.3. The van der Waals surface area contributed by atoms with Gasteiger partial charge in [-0.3, -0.25) is 0 Å². The molecule has 1 aromatic carbocycles. The standard InChI is InChI=1S/C16H22N2O2/c1-18(2)14(16-9-6-10-20-16)11-17-12-15(19)13-7-4-3-5-8-13/h3-10,14-15,17,19H,11-12H2,1-2H3/p+2/t14-,15+/m0/s1. The molecule has 0 unspecified atom stereocenters. The monoisotopic (exact) mass is 276 g/mol. The first-order valence-corrected chi connectivity index (χ1v) is 7.06. The quantitative estimate of drug-likeness (QED) is 0.654. The molecule has 4 nitrogen and oxygen atoms in total. The highest BCUT2D eigenvalue weighted by Crippen LogP contribution is 2.10. The molecule has 2 rings (SSSR count). The molecular weight excluding hydrogens is 252 g/mol. The molecule has 0 radical (unpaired) electrons. The van der Waals surface area contributed by atoms with E-state index in [-0.39, 0.29) is 0 Å². The molecule has 20 heavy (non-hydrogen) atoms. The van der Waals surface area contributed by atoms with Gasteiger partial charge in [0.2, 0.25) is 0 Å². The lowest BCUT2D eigenvalue weighted by Gasteiger charge is -2.18. The Morgan fingerprint density at radius 3 is 2.45 bits per heavy atom. The molecule has 2 aromatic rings. The summed E-state index contributed by atoms with van der Waals surface area (Å²) >= 11 is 0. The van der Waals surface area contributed by atoms with Gasteiger partial charge in [0, 0.05) is 0 Å². The minimum absolute atomic E-state index is 0.299. The number of rotatable bonds is 7. The lowest BCUT2D eigenvalue weighted by Crippen LogP contribution is -3.09. The fourth-order valence-electron chi connectivity index (χ4n) is 2.36. The Hall–Kier alpha value is -1.62. The molecule has 4 N–H and O–H groups in total. The zero-order chi connectivity index (χ0) is 14.4. The summed E-state index contributed by atoms with van der Waals surface area (Å²) in [7, 11) is 4.24. The topological polar surface area (TPSA) is 54.4 Å². The second kappa shape index (κ2) is 7.24. The van der Waals surface area contributed by atoms with Gasteiger partial charge >= 0.3 is 0 Å². The minimum Gasteiger partial charge on any atom is -0.463 e. The molecule has 0 fully saturated rings. The van der Waals surface area contributed by atoms with Crippen molar-refractivity contribution in [1.82, 2.24) is 0 Å². The Kier molecular flexibility index (Phi) is 5.35. The molecule has 0 aliphatic heterocycles. The second-order valence-electron chi connectivity index (χ2n) is 5.33. The minimum atomic E-state index is -0.425. The average molecular weight is 276 g/mol. The lowest BCUT2D eigenvalue weighted by atomic mass is 10.1. The number of likely N-dealkylation sites (N-methyl/N-ethyl adjacent to an activating group) is 1. The zero-order valence-electron chi connectivity index (χ0n) is 12.1. The smallest absolute Gasteiger partial charge is 0.195 e. The van der Waals surface area contributed by atoms with E-state index < -0.39 is 6.10 Å². The number of aliphatic hydroxyl groups is 1. The van der Waals surface area contributed by atoms with Crippen LogP contribution in [0.25, 0.3) is 0 Å². The van der Waals surface area contributed by atoms with Gasteiger partial charge in [0.1, 0.15) is 19.2 Å². The van der Waals surface area contributed by atoms with Gasteiger partial charge in [-0.1, -0.05) is 30.3 Å². The van der Waals surface area contributed by atoms with Crippen LogP contribution in [0.1, 0.15) is 23.5 Å². The molecule has 0 aliphatic rings. The van der Waals surface area contributed by atoms with Crippen LogP contribution in [0.15, 0.2) is 53.1 Å². The number of furan rings is 1. The average Bonchev–Trinajstić information content (AvgIpc) is 2.97. The van der Waals surface area contributed by atoms with Crippen LogP contribution in [-0.2, 0) is 0 Å². The molecule has 0 saturated carbocycles. The lowest BCUT2D eigenvalue weighted by molar-refractivity contribution is -0.910. The maximum atomic E-state index is 10.1. The highest BCUT2D eigenvalue weighted by Gasteiger charge is 2.23. The third kappa shape index (κ3) is 3.93. The number of hydrogen-bond donors (Lipinski definition) is 3. The molecule has 0 aliphatic carbocycles. The Bertz CT molecular complexity index is 482. The molecule has 2 atom stereocenters. The van der Waals surface area contributed by atoms with Crippen molar-refractivity contribution >= 4 is 0 Å². The molecule has 1 aromatic heterocycles. The molecule has 1 heterocycles. The number of quaternary nitrogens is 2. The van der Waals surface area contributed by atoms with Crippen molar-refractivity contribution in [3.05, 3.63) is 60.1 Å². The van der Waals surface area contributed by atoms with E-state index in [2.05, 4.69) is 19.4 Å². The first kappa shape index (κ1) is 14.8. The SMILES string of the molecule is C[NH+](C)[C@@H](C[NH2+]C[C@@H](O)c1ccccc1)c1ccco1. The summed E-state index contributed by atoms with van der Waals surface area (Å²) in [6, 6.07) is 14.0. The van der Waals surface area contributed by atoms with E-state index >= 15 is 0 Å². The van der Waals surface area contributed by atoms with Crippen molar-refractivity contribution in [2.75, 3.05) is 27.2 Å². The van der Waals surface area contributed by atoms with Crippen molar-refractivity contribution in [3.8, 4) is 0 Å². The third-order valence-corrected chi connectivity index (χ3v) is 3.56. The second-order valence-corrected chi connectivity index (χ2v) is 5.33. The van der Waals surface area contributed by atoms with Crippen LogP contribution in [0.2, 0.25) is 0 Å². The van der Waals surface area contributed by atoms with E-state index in [1.807, 2.05) is 42.5 Å². The molecule has 4 heteroatoms. The summed E-state index contributed by atoms with van der Waals surface area (Å²) in [6.07, 6.45) is 1.29. The van der Waals surface area contributed by atoms with E-state index in [9.17, 15) is 5.11 Å². The summed E-state index contributed by atoms with van der Waals surface area (Å²) in [4.78, 5) is 1.32. The molecule has 0 spiro atoms. The fourth-order valence-corrected chi connectivity index (χ4v) is 2.36. The van der Waals surface area contributed by atoms with Gasteiger partial charge < -0.3 is 19.7 Å². The van der Waals surface area contributed by atoms with Crippen molar-refractivity contribution in [2.45, 2.75) is 12.1 Å². The van der Waals surface area contributed by atoms with E-state index in [0.29, 0.717) is 12.6 Å². The summed E-state index contributed by atoms with van der Waals surface area (Å²) in [6.45, 7) is 1.55. The van der Waals surface area contributed by atoms with Gasteiger partial charge in [0.05, 0.1) is 20.4 Å². The third-order valence-electron chi connectivity index (χ3n) is 3.56. The molecule has 0 amide bonds. The number of aliphatic hydroxyl groups excluding tert-OH is 1. The van der Waals surface area contributed by atoms with Crippen LogP contribution in [0.3, 0.4) is 0 Å². The number of benzene rings is 1. The zero-order valence-corrected chi connectivity index (χ0v) is 12.1. The van der Waals surface area contributed by atoms with Crippen molar-refractivity contribution in [3.63, 3.8) is 0 Å². The molecule has 0 saturated heterocycles. The van der Waals surface area contributed by atoms with Crippen LogP contribution in [0.5, 0.6) is 0 Å². The summed E-state index contributed by atoms with van der Waals surface area (Å²) in [5.74, 6) is 0.996. The van der Waals surface area contributed by atoms with Gasteiger partial charge in [-0.25, -0.2) is 0 Å². The number of nitrogens with one attached hydrogen (secondary N) is 1. The normalized spacial score (nSPS) is 14.4. The van der Waals surface area contributed by atoms with Crippen LogP contribution in [-0.4, -0.2) is 32.3 Å².